The van der Waals surface area contributed by atoms with E-state index in [0.29, 0.717) is 11.1 Å². The van der Waals surface area contributed by atoms with Gasteiger partial charge in [0.25, 0.3) is 0 Å². The number of ether oxygens (including phenoxy) is 1. The maximum Gasteiger partial charge on any atom is 0.343 e. The van der Waals surface area contributed by atoms with Crippen molar-refractivity contribution in [1.82, 2.24) is 0 Å². The van der Waals surface area contributed by atoms with Crippen molar-refractivity contribution in [3.05, 3.63) is 104 Å². The zero-order valence-corrected chi connectivity index (χ0v) is 21.3. The van der Waals surface area contributed by atoms with E-state index in [0.717, 1.165) is 28.4 Å². The SMILES string of the molecule is [C-]#[N+]C(C)(C#N)c1c(F)c(F)c2c(c1F)C1(OC2=O)c2ccc(C)cc2[Si](C)(C)c2cc(C)ccc21. The number of rotatable bonds is 1. The van der Waals surface area contributed by atoms with Gasteiger partial charge in [0, 0.05) is 18.1 Å². The van der Waals surface area contributed by atoms with Crippen LogP contribution in [-0.4, -0.2) is 14.0 Å². The van der Waals surface area contributed by atoms with Crippen LogP contribution in [0.5, 0.6) is 0 Å². The van der Waals surface area contributed by atoms with Crippen molar-refractivity contribution in [3.8, 4) is 6.07 Å². The van der Waals surface area contributed by atoms with Crippen LogP contribution in [0.25, 0.3) is 4.85 Å². The molecule has 2 aliphatic heterocycles. The van der Waals surface area contributed by atoms with Crippen molar-refractivity contribution in [2.24, 2.45) is 0 Å². The van der Waals surface area contributed by atoms with Crippen molar-refractivity contribution in [2.45, 2.75) is 45.0 Å². The van der Waals surface area contributed by atoms with Crippen molar-refractivity contribution in [1.29, 1.82) is 5.26 Å². The first-order valence-corrected chi connectivity index (χ1v) is 14.3. The number of halogens is 3. The third-order valence-corrected chi connectivity index (χ3v) is 11.0. The molecule has 5 rings (SSSR count). The Morgan fingerprint density at radius 1 is 1.00 bits per heavy atom. The normalized spacial score (nSPS) is 17.8. The molecule has 0 N–H and O–H groups in total. The van der Waals surface area contributed by atoms with Crippen LogP contribution in [0.3, 0.4) is 0 Å². The molecule has 1 atom stereocenters. The first-order valence-electron chi connectivity index (χ1n) is 11.3. The molecule has 180 valence electrons. The Morgan fingerprint density at radius 3 is 2.00 bits per heavy atom. The fourth-order valence-electron chi connectivity index (χ4n) is 5.62. The number of hydrogen-bond acceptors (Lipinski definition) is 3. The van der Waals surface area contributed by atoms with E-state index < -0.39 is 59.3 Å². The lowest BCUT2D eigenvalue weighted by Crippen LogP contribution is -2.63. The third-order valence-electron chi connectivity index (χ3n) is 7.51. The molecule has 0 fully saturated rings. The molecule has 0 radical (unpaired) electrons. The Balaban J connectivity index is 2.04. The summed E-state index contributed by atoms with van der Waals surface area (Å²) in [5.74, 6) is -5.89. The van der Waals surface area contributed by atoms with Gasteiger partial charge < -0.3 is 4.74 Å². The highest BCUT2D eigenvalue weighted by Crippen LogP contribution is 2.52. The van der Waals surface area contributed by atoms with Gasteiger partial charge in [0.05, 0.1) is 5.56 Å². The van der Waals surface area contributed by atoms with Gasteiger partial charge in [-0.3, -0.25) is 4.85 Å². The summed E-state index contributed by atoms with van der Waals surface area (Å²) in [6.07, 6.45) is 0. The molecular formula is C28H21F3N2O2Si. The molecule has 2 heterocycles. The van der Waals surface area contributed by atoms with Crippen molar-refractivity contribution < 1.29 is 22.7 Å². The number of fused-ring (bicyclic) bond motifs is 6. The molecule has 0 saturated carbocycles. The summed E-state index contributed by atoms with van der Waals surface area (Å²) < 4.78 is 53.2. The predicted octanol–water partition coefficient (Wildman–Crippen LogP) is 4.98. The van der Waals surface area contributed by atoms with Crippen molar-refractivity contribution in [2.75, 3.05) is 0 Å². The molecular weight excluding hydrogens is 481 g/mol. The molecule has 0 bridgehead atoms. The fourth-order valence-corrected chi connectivity index (χ4v) is 8.95. The number of hydrogen-bond donors (Lipinski definition) is 0. The molecule has 8 heteroatoms. The van der Waals surface area contributed by atoms with E-state index in [-0.39, 0.29) is 0 Å². The van der Waals surface area contributed by atoms with Crippen LogP contribution in [0.1, 0.15) is 50.7 Å². The second-order valence-corrected chi connectivity index (χ2v) is 14.5. The smallest absolute Gasteiger partial charge is 0.343 e. The van der Waals surface area contributed by atoms with E-state index in [1.165, 1.54) is 0 Å². The summed E-state index contributed by atoms with van der Waals surface area (Å²) in [5, 5.41) is 11.4. The third kappa shape index (κ3) is 2.71. The lowest BCUT2D eigenvalue weighted by atomic mass is 9.76. The molecule has 1 unspecified atom stereocenters. The van der Waals surface area contributed by atoms with Gasteiger partial charge in [0.15, 0.2) is 23.3 Å². The maximum atomic E-state index is 16.5. The zero-order chi connectivity index (χ0) is 26.4. The van der Waals surface area contributed by atoms with E-state index in [2.05, 4.69) is 17.9 Å². The molecule has 0 aliphatic carbocycles. The van der Waals surface area contributed by atoms with Gasteiger partial charge in [-0.25, -0.2) is 24.5 Å². The van der Waals surface area contributed by atoms with Crippen LogP contribution in [0.4, 0.5) is 13.2 Å². The number of nitriles is 1. The Labute approximate surface area is 207 Å². The fraction of sp³-hybridized carbons (Fsp3) is 0.250. The van der Waals surface area contributed by atoms with Crippen molar-refractivity contribution >= 4 is 24.4 Å². The summed E-state index contributed by atoms with van der Waals surface area (Å²) in [6.45, 7) is 16.5. The second-order valence-electron chi connectivity index (χ2n) is 10.2. The van der Waals surface area contributed by atoms with E-state index in [1.54, 1.807) is 30.3 Å². The van der Waals surface area contributed by atoms with E-state index in [4.69, 9.17) is 11.3 Å². The van der Waals surface area contributed by atoms with Crippen LogP contribution < -0.4 is 10.4 Å². The molecule has 3 aromatic carbocycles. The summed E-state index contributed by atoms with van der Waals surface area (Å²) in [6, 6.07) is 12.6. The first kappa shape index (κ1) is 23.8. The van der Waals surface area contributed by atoms with Gasteiger partial charge >= 0.3 is 11.5 Å². The number of nitrogens with zero attached hydrogens (tertiary/aromatic N) is 2. The standard InChI is InChI=1S/C28H21F3N2O2Si/c1-14-7-9-16-18(11-14)36(5,6)19-12-15(2)8-10-17(19)28(16)21-20(26(34)35-28)23(29)25(31)22(24(21)30)27(3,13-32)33-4/h7-12H,1-3,5-6H3. The Bertz CT molecular complexity index is 1550. The van der Waals surface area contributed by atoms with Gasteiger partial charge in [-0.2, -0.15) is 5.26 Å². The summed E-state index contributed by atoms with van der Waals surface area (Å²) in [7, 11) is -2.42. The van der Waals surface area contributed by atoms with Gasteiger partial charge in [-0.05, 0) is 24.2 Å². The van der Waals surface area contributed by atoms with Crippen LogP contribution in [0.15, 0.2) is 36.4 Å². The molecule has 1 spiro atoms. The number of aryl methyl sites for hydroxylation is 2. The average Bonchev–Trinajstić information content (AvgIpc) is 3.15. The Morgan fingerprint density at radius 2 is 1.53 bits per heavy atom. The minimum atomic E-state index is -2.42. The van der Waals surface area contributed by atoms with Crippen LogP contribution in [-0.2, 0) is 15.9 Å². The summed E-state index contributed by atoms with van der Waals surface area (Å²) in [4.78, 5) is 16.3. The Hall–Kier alpha value is -3.88. The summed E-state index contributed by atoms with van der Waals surface area (Å²) in [5.41, 5.74) is -3.78. The molecule has 3 aromatic rings. The van der Waals surface area contributed by atoms with E-state index >= 15 is 13.2 Å². The topological polar surface area (TPSA) is 54.4 Å². The Kier molecular flexibility index (Phi) is 4.84. The molecule has 36 heavy (non-hydrogen) atoms. The summed E-state index contributed by atoms with van der Waals surface area (Å²) >= 11 is 0. The first-order chi connectivity index (χ1) is 16.8. The van der Waals surface area contributed by atoms with Gasteiger partial charge in [-0.1, -0.05) is 60.6 Å². The number of carbonyl (C=O) groups excluding carboxylic acids is 1. The number of benzene rings is 3. The highest BCUT2D eigenvalue weighted by atomic mass is 28.3. The zero-order valence-electron chi connectivity index (χ0n) is 20.3. The highest BCUT2D eigenvalue weighted by Gasteiger charge is 2.60. The van der Waals surface area contributed by atoms with Crippen LogP contribution in [0, 0.1) is 49.2 Å². The van der Waals surface area contributed by atoms with Gasteiger partial charge in [0.1, 0.15) is 25.0 Å². The molecule has 2 aliphatic rings. The minimum absolute atomic E-state index is 0.477. The number of carbonyl (C=O) groups is 1. The van der Waals surface area contributed by atoms with E-state index in [9.17, 15) is 10.1 Å². The van der Waals surface area contributed by atoms with E-state index in [1.807, 2.05) is 26.0 Å². The molecule has 0 amide bonds. The van der Waals surface area contributed by atoms with Crippen molar-refractivity contribution in [3.63, 3.8) is 0 Å². The van der Waals surface area contributed by atoms with Gasteiger partial charge in [-0.15, -0.1) is 0 Å². The highest BCUT2D eigenvalue weighted by molar-refractivity contribution is 7.01. The number of esters is 1. The lowest BCUT2D eigenvalue weighted by Gasteiger charge is -2.44. The lowest BCUT2D eigenvalue weighted by molar-refractivity contribution is 0.0246. The molecule has 4 nitrogen and oxygen atoms in total. The monoisotopic (exact) mass is 502 g/mol. The predicted molar refractivity (Wildman–Crippen MR) is 130 cm³/mol. The van der Waals surface area contributed by atoms with Crippen LogP contribution >= 0.6 is 0 Å². The second kappa shape index (κ2) is 7.31. The molecule has 0 aromatic heterocycles. The van der Waals surface area contributed by atoms with Gasteiger partial charge in [0.2, 0.25) is 0 Å². The quantitative estimate of drug-likeness (QED) is 0.204. The largest absolute Gasteiger partial charge is 0.440 e. The average molecular weight is 503 g/mol. The maximum absolute atomic E-state index is 16.5. The van der Waals surface area contributed by atoms with Crippen LogP contribution in [0.2, 0.25) is 13.1 Å². The molecule has 0 saturated heterocycles. The minimum Gasteiger partial charge on any atom is -0.440 e.